The zero-order valence-electron chi connectivity index (χ0n) is 16.1. The Balaban J connectivity index is 0.00000338. The first-order valence-electron chi connectivity index (χ1n) is 9.42. The molecule has 0 saturated carbocycles. The minimum absolute atomic E-state index is 0. The van der Waals surface area contributed by atoms with Crippen molar-refractivity contribution in [1.29, 1.82) is 0 Å². The van der Waals surface area contributed by atoms with Crippen molar-refractivity contribution in [3.8, 4) is 0 Å². The Morgan fingerprint density at radius 3 is 2.69 bits per heavy atom. The van der Waals surface area contributed by atoms with Crippen LogP contribution in [0, 0.1) is 0 Å². The Hall–Kier alpha value is -0.470. The molecule has 1 heterocycles. The summed E-state index contributed by atoms with van der Waals surface area (Å²) in [6.45, 7) is 5.90. The van der Waals surface area contributed by atoms with Gasteiger partial charge in [0.2, 0.25) is 0 Å². The minimum atomic E-state index is 0. The van der Waals surface area contributed by atoms with Gasteiger partial charge in [-0.15, -0.1) is 24.0 Å². The molecule has 6 heteroatoms. The molecule has 1 aromatic rings. The number of unbranched alkanes of at least 4 members (excludes halogenated alkanes) is 1. The van der Waals surface area contributed by atoms with Crippen LogP contribution in [0.1, 0.15) is 38.2 Å². The van der Waals surface area contributed by atoms with Crippen LogP contribution in [-0.4, -0.2) is 49.8 Å². The van der Waals surface area contributed by atoms with Gasteiger partial charge in [0.05, 0.1) is 6.61 Å². The molecule has 1 aliphatic heterocycles. The van der Waals surface area contributed by atoms with Gasteiger partial charge in [0.1, 0.15) is 0 Å². The molecule has 1 aliphatic rings. The Bertz CT molecular complexity index is 507. The summed E-state index contributed by atoms with van der Waals surface area (Å²) >= 11 is 2.07. The van der Waals surface area contributed by atoms with Gasteiger partial charge in [-0.1, -0.05) is 30.3 Å². The molecular weight excluding hydrogens is 457 g/mol. The van der Waals surface area contributed by atoms with Crippen molar-refractivity contribution in [2.24, 2.45) is 4.99 Å². The predicted octanol–water partition coefficient (Wildman–Crippen LogP) is 4.09. The van der Waals surface area contributed by atoms with Crippen LogP contribution in [0.15, 0.2) is 35.3 Å². The zero-order chi connectivity index (χ0) is 17.8. The average molecular weight is 491 g/mol. The van der Waals surface area contributed by atoms with Crippen molar-refractivity contribution in [2.45, 2.75) is 43.8 Å². The van der Waals surface area contributed by atoms with Gasteiger partial charge in [-0.2, -0.15) is 11.8 Å². The van der Waals surface area contributed by atoms with Crippen LogP contribution in [-0.2, 0) is 11.2 Å². The van der Waals surface area contributed by atoms with Gasteiger partial charge in [-0.25, -0.2) is 0 Å². The lowest BCUT2D eigenvalue weighted by Gasteiger charge is -2.24. The molecule has 0 aliphatic carbocycles. The van der Waals surface area contributed by atoms with Crippen LogP contribution in [0.4, 0.5) is 0 Å². The summed E-state index contributed by atoms with van der Waals surface area (Å²) in [5.41, 5.74) is 1.34. The van der Waals surface area contributed by atoms with E-state index in [1.165, 1.54) is 24.2 Å². The second-order valence-corrected chi connectivity index (χ2v) is 8.49. The molecule has 0 amide bonds. The molecule has 1 unspecified atom stereocenters. The van der Waals surface area contributed by atoms with Crippen LogP contribution in [0.25, 0.3) is 0 Å². The van der Waals surface area contributed by atoms with Crippen LogP contribution >= 0.6 is 35.7 Å². The van der Waals surface area contributed by atoms with E-state index < -0.39 is 0 Å². The normalized spacial score (nSPS) is 19.8. The molecular formula is C20H34IN3OS. The third kappa shape index (κ3) is 9.46. The van der Waals surface area contributed by atoms with Gasteiger partial charge in [-0.3, -0.25) is 4.99 Å². The van der Waals surface area contributed by atoms with E-state index in [1.807, 2.05) is 13.1 Å². The molecule has 1 aromatic carbocycles. The molecule has 26 heavy (non-hydrogen) atoms. The van der Waals surface area contributed by atoms with Crippen molar-refractivity contribution in [2.75, 3.05) is 39.1 Å². The van der Waals surface area contributed by atoms with Crippen molar-refractivity contribution in [3.63, 3.8) is 0 Å². The summed E-state index contributed by atoms with van der Waals surface area (Å²) < 4.78 is 6.09. The summed E-state index contributed by atoms with van der Waals surface area (Å²) in [5, 5.41) is 6.87. The number of benzene rings is 1. The second kappa shape index (κ2) is 13.7. The van der Waals surface area contributed by atoms with Crippen molar-refractivity contribution in [1.82, 2.24) is 10.6 Å². The Kier molecular flexibility index (Phi) is 12.4. The molecule has 2 rings (SSSR count). The SMILES string of the molecule is CN=C(NCCCCOCCc1ccccc1)NCC1(C)CCCS1.I. The number of hydrogen-bond donors (Lipinski definition) is 2. The number of aliphatic imine (C=N–C) groups is 1. The van der Waals surface area contributed by atoms with Gasteiger partial charge in [0.15, 0.2) is 5.96 Å². The third-order valence-corrected chi connectivity index (χ3v) is 6.08. The van der Waals surface area contributed by atoms with E-state index in [0.717, 1.165) is 51.5 Å². The lowest BCUT2D eigenvalue weighted by Crippen LogP contribution is -2.43. The van der Waals surface area contributed by atoms with Crippen LogP contribution in [0.2, 0.25) is 0 Å². The third-order valence-electron chi connectivity index (χ3n) is 4.54. The number of nitrogens with one attached hydrogen (secondary N) is 2. The molecule has 1 atom stereocenters. The quantitative estimate of drug-likeness (QED) is 0.224. The predicted molar refractivity (Wildman–Crippen MR) is 125 cm³/mol. The summed E-state index contributed by atoms with van der Waals surface area (Å²) in [6, 6.07) is 10.5. The summed E-state index contributed by atoms with van der Waals surface area (Å²) in [4.78, 5) is 4.31. The monoisotopic (exact) mass is 491 g/mol. The largest absolute Gasteiger partial charge is 0.381 e. The first kappa shape index (κ1) is 23.6. The maximum Gasteiger partial charge on any atom is 0.191 e. The highest BCUT2D eigenvalue weighted by Crippen LogP contribution is 2.36. The molecule has 1 fully saturated rings. The smallest absolute Gasteiger partial charge is 0.191 e. The second-order valence-electron chi connectivity index (χ2n) is 6.81. The van der Waals surface area contributed by atoms with Gasteiger partial charge in [-0.05, 0) is 50.3 Å². The molecule has 0 aromatic heterocycles. The van der Waals surface area contributed by atoms with E-state index in [0.29, 0.717) is 4.75 Å². The lowest BCUT2D eigenvalue weighted by molar-refractivity contribution is 0.133. The molecule has 1 saturated heterocycles. The highest BCUT2D eigenvalue weighted by Gasteiger charge is 2.29. The molecule has 148 valence electrons. The fourth-order valence-electron chi connectivity index (χ4n) is 2.94. The van der Waals surface area contributed by atoms with E-state index in [2.05, 4.69) is 58.6 Å². The van der Waals surface area contributed by atoms with E-state index in [9.17, 15) is 0 Å². The standard InChI is InChI=1S/C20H33N3OS.HI/c1-20(12-8-16-25-20)17-23-19(21-2)22-13-6-7-14-24-15-11-18-9-4-3-5-10-18;/h3-5,9-10H,6-8,11-17H2,1-2H3,(H2,21,22,23);1H. The van der Waals surface area contributed by atoms with Crippen molar-refractivity contribution < 1.29 is 4.74 Å². The number of guanidine groups is 1. The minimum Gasteiger partial charge on any atom is -0.381 e. The Labute approximate surface area is 180 Å². The molecule has 0 radical (unpaired) electrons. The number of thioether (sulfide) groups is 1. The van der Waals surface area contributed by atoms with E-state index in [-0.39, 0.29) is 24.0 Å². The number of halogens is 1. The van der Waals surface area contributed by atoms with Crippen molar-refractivity contribution >= 4 is 41.7 Å². The van der Waals surface area contributed by atoms with Gasteiger partial charge < -0.3 is 15.4 Å². The first-order valence-corrected chi connectivity index (χ1v) is 10.4. The fourth-order valence-corrected chi connectivity index (χ4v) is 4.18. The van der Waals surface area contributed by atoms with Gasteiger partial charge >= 0.3 is 0 Å². The number of hydrogen-bond acceptors (Lipinski definition) is 3. The highest BCUT2D eigenvalue weighted by atomic mass is 127. The Morgan fingerprint density at radius 2 is 2.00 bits per heavy atom. The van der Waals surface area contributed by atoms with Gasteiger partial charge in [0.25, 0.3) is 0 Å². The average Bonchev–Trinajstić information content (AvgIpc) is 3.07. The maximum atomic E-state index is 5.72. The fraction of sp³-hybridized carbons (Fsp3) is 0.650. The first-order chi connectivity index (χ1) is 12.2. The molecule has 4 nitrogen and oxygen atoms in total. The molecule has 0 bridgehead atoms. The zero-order valence-corrected chi connectivity index (χ0v) is 19.3. The van der Waals surface area contributed by atoms with Crippen LogP contribution in [0.5, 0.6) is 0 Å². The highest BCUT2D eigenvalue weighted by molar-refractivity contribution is 14.0. The lowest BCUT2D eigenvalue weighted by atomic mass is 10.1. The van der Waals surface area contributed by atoms with Gasteiger partial charge in [0, 0.05) is 31.5 Å². The Morgan fingerprint density at radius 1 is 1.19 bits per heavy atom. The number of ether oxygens (including phenoxy) is 1. The van der Waals surface area contributed by atoms with Crippen molar-refractivity contribution in [3.05, 3.63) is 35.9 Å². The maximum absolute atomic E-state index is 5.72. The van der Waals surface area contributed by atoms with Crippen LogP contribution < -0.4 is 10.6 Å². The van der Waals surface area contributed by atoms with E-state index >= 15 is 0 Å². The topological polar surface area (TPSA) is 45.7 Å². The number of nitrogens with zero attached hydrogens (tertiary/aromatic N) is 1. The summed E-state index contributed by atoms with van der Waals surface area (Å²) in [6.07, 6.45) is 5.79. The van der Waals surface area contributed by atoms with E-state index in [1.54, 1.807) is 0 Å². The molecule has 2 N–H and O–H groups in total. The van der Waals surface area contributed by atoms with E-state index in [4.69, 9.17) is 4.74 Å². The summed E-state index contributed by atoms with van der Waals surface area (Å²) in [7, 11) is 1.84. The number of rotatable bonds is 10. The van der Waals surface area contributed by atoms with Crippen LogP contribution in [0.3, 0.4) is 0 Å². The summed E-state index contributed by atoms with van der Waals surface area (Å²) in [5.74, 6) is 2.20. The molecule has 0 spiro atoms.